The minimum Gasteiger partial charge on any atom is -0.542 e. The predicted octanol–water partition coefficient (Wildman–Crippen LogP) is 5.92. The Hall–Kier alpha value is -3.64. The monoisotopic (exact) mass is 675 g/mol. The maximum atomic E-state index is 14.5. The van der Waals surface area contributed by atoms with Gasteiger partial charge in [0.25, 0.3) is 0 Å². The number of piperidine rings is 1. The fraction of sp³-hybridized carbons (Fsp3) is 0.583. The van der Waals surface area contributed by atoms with E-state index < -0.39 is 36.2 Å². The van der Waals surface area contributed by atoms with Crippen molar-refractivity contribution in [1.82, 2.24) is 0 Å². The van der Waals surface area contributed by atoms with Crippen molar-refractivity contribution >= 4 is 18.1 Å². The fourth-order valence-corrected chi connectivity index (χ4v) is 8.23. The van der Waals surface area contributed by atoms with E-state index in [4.69, 9.17) is 28.8 Å². The zero-order valence-corrected chi connectivity index (χ0v) is 27.2. The maximum Gasteiger partial charge on any atom is 0.510 e. The van der Waals surface area contributed by atoms with Crippen LogP contribution in [0.3, 0.4) is 0 Å². The van der Waals surface area contributed by atoms with Crippen molar-refractivity contribution in [2.45, 2.75) is 120 Å². The van der Waals surface area contributed by atoms with Gasteiger partial charge in [-0.15, -0.1) is 0 Å². The van der Waals surface area contributed by atoms with Gasteiger partial charge < -0.3 is 33.3 Å². The number of ether oxygens (including phenoxy) is 4. The molecule has 3 unspecified atom stereocenters. The van der Waals surface area contributed by atoms with Crippen LogP contribution >= 0.6 is 0 Å². The van der Waals surface area contributed by atoms with Gasteiger partial charge in [-0.25, -0.2) is 9.59 Å². The SMILES string of the molecule is CC(OC(=O)OC1CCCCC1)OC(C(=O)OC1CC2CCC(C1)[N+]21CCCC1)(c1ccccc1)c1ccccc1.O=C([O-])C(F)(F)F. The van der Waals surface area contributed by atoms with Crippen LogP contribution in [0.25, 0.3) is 0 Å². The minimum absolute atomic E-state index is 0.135. The second-order valence-electron chi connectivity index (χ2n) is 13.3. The number of aliphatic carboxylic acids is 1. The Bertz CT molecular complexity index is 1320. The van der Waals surface area contributed by atoms with Crippen molar-refractivity contribution in [2.75, 3.05) is 13.1 Å². The number of alkyl halides is 3. The summed E-state index contributed by atoms with van der Waals surface area (Å²) in [6.07, 6.45) is 4.45. The van der Waals surface area contributed by atoms with Crippen molar-refractivity contribution in [3.8, 4) is 0 Å². The third-order valence-electron chi connectivity index (χ3n) is 10.3. The van der Waals surface area contributed by atoms with Crippen LogP contribution in [-0.2, 0) is 34.1 Å². The third-order valence-corrected chi connectivity index (χ3v) is 10.3. The standard InChI is InChI=1S/C34H44NO6.C2HF3O2/c1-25(38-33(37)40-30-17-9-4-10-18-30)41-34(26-13-5-2-6-14-26,27-15-7-3-8-16-27)32(36)39-31-23-28-19-20-29(24-31)35(28)21-11-12-22-35;3-2(4,5)1(6)7/h2-3,5-8,13-16,25,28-31H,4,9-12,17-24H2,1H3;(H,6,7)/q+1;/p-1. The van der Waals surface area contributed by atoms with E-state index in [9.17, 15) is 22.8 Å². The minimum atomic E-state index is -5.19. The van der Waals surface area contributed by atoms with Crippen LogP contribution in [0.5, 0.6) is 0 Å². The molecule has 2 bridgehead atoms. The second-order valence-corrected chi connectivity index (χ2v) is 13.3. The summed E-state index contributed by atoms with van der Waals surface area (Å²) in [5.74, 6) is -3.47. The number of benzene rings is 2. The highest BCUT2D eigenvalue weighted by molar-refractivity contribution is 5.86. The van der Waals surface area contributed by atoms with Gasteiger partial charge in [0.1, 0.15) is 18.2 Å². The first-order valence-corrected chi connectivity index (χ1v) is 17.0. The van der Waals surface area contributed by atoms with E-state index in [2.05, 4.69) is 0 Å². The lowest BCUT2D eigenvalue weighted by Crippen LogP contribution is -2.60. The molecule has 0 aromatic heterocycles. The molecule has 262 valence electrons. The van der Waals surface area contributed by atoms with E-state index in [-0.39, 0.29) is 12.2 Å². The Labute approximate surface area is 278 Å². The summed E-state index contributed by atoms with van der Waals surface area (Å²) in [7, 11) is 0. The largest absolute Gasteiger partial charge is 0.542 e. The van der Waals surface area contributed by atoms with E-state index in [1.807, 2.05) is 60.7 Å². The van der Waals surface area contributed by atoms with Crippen molar-refractivity contribution in [2.24, 2.45) is 0 Å². The lowest BCUT2D eigenvalue weighted by molar-refractivity contribution is -0.956. The molecule has 0 amide bonds. The second kappa shape index (κ2) is 15.3. The van der Waals surface area contributed by atoms with Gasteiger partial charge >= 0.3 is 18.3 Å². The number of carbonyl (C=O) groups is 3. The molecule has 9 nitrogen and oxygen atoms in total. The summed E-state index contributed by atoms with van der Waals surface area (Å²) in [6.45, 7) is 4.17. The van der Waals surface area contributed by atoms with Crippen LogP contribution in [0.15, 0.2) is 60.7 Å². The molecule has 2 aromatic carbocycles. The van der Waals surface area contributed by atoms with Gasteiger partial charge in [0.15, 0.2) is 0 Å². The Morgan fingerprint density at radius 3 is 1.73 bits per heavy atom. The zero-order valence-electron chi connectivity index (χ0n) is 27.2. The van der Waals surface area contributed by atoms with Gasteiger partial charge in [-0.2, -0.15) is 13.2 Å². The molecule has 12 heteroatoms. The fourth-order valence-electron chi connectivity index (χ4n) is 8.23. The highest BCUT2D eigenvalue weighted by atomic mass is 19.4. The molecular formula is C36H44F3NO8. The molecule has 0 N–H and O–H groups in total. The normalized spacial score (nSPS) is 24.2. The summed E-state index contributed by atoms with van der Waals surface area (Å²) in [5.41, 5.74) is -0.341. The number of nitrogens with zero attached hydrogens (tertiary/aromatic N) is 1. The Morgan fingerprint density at radius 2 is 1.25 bits per heavy atom. The topological polar surface area (TPSA) is 111 Å². The van der Waals surface area contributed by atoms with Crippen LogP contribution in [0, 0.1) is 0 Å². The smallest absolute Gasteiger partial charge is 0.510 e. The number of carboxylic acid groups (broad SMARTS) is 1. The summed E-state index contributed by atoms with van der Waals surface area (Å²) in [4.78, 5) is 36.0. The number of quaternary nitrogens is 1. The van der Waals surface area contributed by atoms with Crippen molar-refractivity contribution in [3.63, 3.8) is 0 Å². The van der Waals surface area contributed by atoms with E-state index in [1.165, 1.54) is 43.3 Å². The Kier molecular flexibility index (Phi) is 11.4. The number of esters is 1. The summed E-state index contributed by atoms with van der Waals surface area (Å²) >= 11 is 0. The lowest BCUT2D eigenvalue weighted by Gasteiger charge is -2.47. The molecule has 3 aliphatic heterocycles. The molecular weight excluding hydrogens is 631 g/mol. The first kappa shape index (κ1) is 35.7. The molecule has 1 saturated carbocycles. The number of rotatable bonds is 8. The average Bonchev–Trinajstić information content (AvgIpc) is 3.61. The molecule has 48 heavy (non-hydrogen) atoms. The number of hydrogen-bond donors (Lipinski definition) is 0. The van der Waals surface area contributed by atoms with Gasteiger partial charge in [-0.1, -0.05) is 67.1 Å². The van der Waals surface area contributed by atoms with Gasteiger partial charge in [0, 0.05) is 38.5 Å². The number of carboxylic acids is 1. The summed E-state index contributed by atoms with van der Waals surface area (Å²) in [6, 6.07) is 20.0. The van der Waals surface area contributed by atoms with Crippen LogP contribution in [0.2, 0.25) is 0 Å². The van der Waals surface area contributed by atoms with Crippen LogP contribution in [-0.4, -0.2) is 72.4 Å². The molecule has 3 heterocycles. The van der Waals surface area contributed by atoms with E-state index in [1.54, 1.807) is 6.92 Å². The van der Waals surface area contributed by atoms with Gasteiger partial charge in [-0.05, 0) is 43.7 Å². The molecule has 3 atom stereocenters. The highest BCUT2D eigenvalue weighted by Gasteiger charge is 2.57. The number of halogens is 3. The maximum absolute atomic E-state index is 14.5. The predicted molar refractivity (Wildman–Crippen MR) is 165 cm³/mol. The van der Waals surface area contributed by atoms with Gasteiger partial charge in [0.2, 0.25) is 11.9 Å². The van der Waals surface area contributed by atoms with Crippen LogP contribution in [0.4, 0.5) is 18.0 Å². The Morgan fingerprint density at radius 1 is 0.750 bits per heavy atom. The Balaban J connectivity index is 0.000000582. The molecule has 1 spiro atoms. The van der Waals surface area contributed by atoms with Gasteiger partial charge in [0.05, 0.1) is 25.2 Å². The third kappa shape index (κ3) is 7.97. The molecule has 0 radical (unpaired) electrons. The quantitative estimate of drug-likeness (QED) is 0.193. The average molecular weight is 676 g/mol. The van der Waals surface area contributed by atoms with E-state index >= 15 is 0 Å². The highest BCUT2D eigenvalue weighted by Crippen LogP contribution is 2.47. The van der Waals surface area contributed by atoms with Crippen LogP contribution in [0.1, 0.15) is 88.7 Å². The first-order chi connectivity index (χ1) is 22.9. The number of hydrogen-bond acceptors (Lipinski definition) is 8. The van der Waals surface area contributed by atoms with Crippen LogP contribution < -0.4 is 5.11 Å². The molecule has 6 rings (SSSR count). The lowest BCUT2D eigenvalue weighted by atomic mass is 9.85. The number of carbonyl (C=O) groups excluding carboxylic acids is 3. The molecule has 4 fully saturated rings. The molecule has 4 aliphatic rings. The molecule has 1 aliphatic carbocycles. The van der Waals surface area contributed by atoms with E-state index in [0.29, 0.717) is 23.2 Å². The summed E-state index contributed by atoms with van der Waals surface area (Å²) in [5, 5.41) is 8.78. The van der Waals surface area contributed by atoms with Gasteiger partial charge in [-0.3, -0.25) is 0 Å². The first-order valence-electron chi connectivity index (χ1n) is 17.0. The molecule has 2 aromatic rings. The van der Waals surface area contributed by atoms with Crippen molar-refractivity contribution in [1.29, 1.82) is 0 Å². The van der Waals surface area contributed by atoms with Crippen molar-refractivity contribution < 1.29 is 56.1 Å². The molecule has 3 saturated heterocycles. The zero-order chi connectivity index (χ0) is 34.4. The van der Waals surface area contributed by atoms with Crippen molar-refractivity contribution in [3.05, 3.63) is 71.8 Å². The van der Waals surface area contributed by atoms with E-state index in [0.717, 1.165) is 44.9 Å². The summed E-state index contributed by atoms with van der Waals surface area (Å²) < 4.78 is 56.9.